The van der Waals surface area contributed by atoms with Crippen LogP contribution in [0.4, 0.5) is 0 Å². The van der Waals surface area contributed by atoms with Crippen molar-refractivity contribution in [2.45, 2.75) is 52.2 Å². The van der Waals surface area contributed by atoms with Crippen LogP contribution in [0, 0.1) is 0 Å². The zero-order chi connectivity index (χ0) is 12.5. The van der Waals surface area contributed by atoms with Crippen LogP contribution in [-0.4, -0.2) is 25.3 Å². The molecule has 0 saturated heterocycles. The van der Waals surface area contributed by atoms with E-state index in [0.29, 0.717) is 6.04 Å². The monoisotopic (exact) mass is 239 g/mol. The summed E-state index contributed by atoms with van der Waals surface area (Å²) in [6.07, 6.45) is 5.13. The summed E-state index contributed by atoms with van der Waals surface area (Å²) in [6, 6.07) is 4.30. The number of hydrogen-bond donors (Lipinski definition) is 1. The molecule has 0 fully saturated rings. The maximum Gasteiger partial charge on any atom is 0.105 e. The zero-order valence-corrected chi connectivity index (χ0v) is 11.2. The van der Waals surface area contributed by atoms with E-state index in [-0.39, 0.29) is 6.10 Å². The summed E-state index contributed by atoms with van der Waals surface area (Å²) in [4.78, 5) is 0. The highest BCUT2D eigenvalue weighted by Gasteiger charge is 2.21. The molecule has 0 aliphatic heterocycles. The topological polar surface area (TPSA) is 34.4 Å². The van der Waals surface area contributed by atoms with Crippen molar-refractivity contribution < 1.29 is 9.15 Å². The molecule has 0 amide bonds. The van der Waals surface area contributed by atoms with Crippen molar-refractivity contribution in [1.82, 2.24) is 5.32 Å². The SMILES string of the molecule is CCCC(OCC)C(Cc1ccco1)NCC. The lowest BCUT2D eigenvalue weighted by Crippen LogP contribution is -2.43. The molecular formula is C14H25NO2. The van der Waals surface area contributed by atoms with Gasteiger partial charge in [-0.1, -0.05) is 20.3 Å². The molecule has 0 saturated carbocycles. The molecule has 17 heavy (non-hydrogen) atoms. The summed E-state index contributed by atoms with van der Waals surface area (Å²) < 4.78 is 11.3. The Hall–Kier alpha value is -0.800. The van der Waals surface area contributed by atoms with Gasteiger partial charge in [0.25, 0.3) is 0 Å². The molecule has 1 rings (SSSR count). The Labute approximate surface area is 105 Å². The van der Waals surface area contributed by atoms with Crippen molar-refractivity contribution in [3.63, 3.8) is 0 Å². The second kappa shape index (κ2) is 8.31. The van der Waals surface area contributed by atoms with Crippen LogP contribution in [0.3, 0.4) is 0 Å². The molecule has 1 aromatic heterocycles. The largest absolute Gasteiger partial charge is 0.469 e. The van der Waals surface area contributed by atoms with E-state index in [1.165, 1.54) is 0 Å². The summed E-state index contributed by atoms with van der Waals surface area (Å²) in [5, 5.41) is 3.51. The highest BCUT2D eigenvalue weighted by Crippen LogP contribution is 2.13. The van der Waals surface area contributed by atoms with Crippen molar-refractivity contribution in [2.75, 3.05) is 13.2 Å². The van der Waals surface area contributed by atoms with Crippen LogP contribution in [0.25, 0.3) is 0 Å². The molecule has 0 aromatic carbocycles. The van der Waals surface area contributed by atoms with E-state index in [9.17, 15) is 0 Å². The molecule has 1 heterocycles. The summed E-state index contributed by atoms with van der Waals surface area (Å²) in [5.74, 6) is 1.02. The van der Waals surface area contributed by atoms with Crippen LogP contribution in [0.2, 0.25) is 0 Å². The predicted octanol–water partition coefficient (Wildman–Crippen LogP) is 3.01. The molecule has 0 aliphatic rings. The Kier molecular flexibility index (Phi) is 6.97. The van der Waals surface area contributed by atoms with Gasteiger partial charge in [0.05, 0.1) is 12.4 Å². The van der Waals surface area contributed by atoms with Gasteiger partial charge in [0.2, 0.25) is 0 Å². The average Bonchev–Trinajstić information content (AvgIpc) is 2.81. The van der Waals surface area contributed by atoms with E-state index in [1.54, 1.807) is 6.26 Å². The average molecular weight is 239 g/mol. The Balaban J connectivity index is 2.60. The Morgan fingerprint density at radius 3 is 2.71 bits per heavy atom. The van der Waals surface area contributed by atoms with E-state index < -0.39 is 0 Å². The second-order valence-electron chi connectivity index (χ2n) is 4.23. The number of nitrogens with one attached hydrogen (secondary N) is 1. The molecule has 0 bridgehead atoms. The third-order valence-electron chi connectivity index (χ3n) is 2.87. The molecular weight excluding hydrogens is 214 g/mol. The van der Waals surface area contributed by atoms with E-state index in [2.05, 4.69) is 26.1 Å². The fourth-order valence-corrected chi connectivity index (χ4v) is 2.14. The van der Waals surface area contributed by atoms with Crippen molar-refractivity contribution in [3.8, 4) is 0 Å². The molecule has 98 valence electrons. The first-order chi connectivity index (χ1) is 8.31. The Morgan fingerprint density at radius 1 is 1.35 bits per heavy atom. The van der Waals surface area contributed by atoms with Gasteiger partial charge in [-0.05, 0) is 32.0 Å². The lowest BCUT2D eigenvalue weighted by molar-refractivity contribution is 0.0273. The van der Waals surface area contributed by atoms with Crippen LogP contribution < -0.4 is 5.32 Å². The minimum atomic E-state index is 0.273. The highest BCUT2D eigenvalue weighted by atomic mass is 16.5. The number of ether oxygens (including phenoxy) is 1. The van der Waals surface area contributed by atoms with Gasteiger partial charge >= 0.3 is 0 Å². The fourth-order valence-electron chi connectivity index (χ4n) is 2.14. The minimum Gasteiger partial charge on any atom is -0.469 e. The van der Waals surface area contributed by atoms with E-state index in [1.807, 2.05) is 12.1 Å². The molecule has 2 atom stereocenters. The van der Waals surface area contributed by atoms with Crippen LogP contribution in [0.1, 0.15) is 39.4 Å². The van der Waals surface area contributed by atoms with Gasteiger partial charge in [-0.15, -0.1) is 0 Å². The molecule has 0 spiro atoms. The van der Waals surface area contributed by atoms with Gasteiger partial charge in [0, 0.05) is 19.1 Å². The van der Waals surface area contributed by atoms with Crippen LogP contribution in [-0.2, 0) is 11.2 Å². The van der Waals surface area contributed by atoms with E-state index >= 15 is 0 Å². The van der Waals surface area contributed by atoms with Gasteiger partial charge in [-0.2, -0.15) is 0 Å². The minimum absolute atomic E-state index is 0.273. The van der Waals surface area contributed by atoms with Crippen LogP contribution >= 0.6 is 0 Å². The maximum absolute atomic E-state index is 5.84. The summed E-state index contributed by atoms with van der Waals surface area (Å²) in [5.41, 5.74) is 0. The van der Waals surface area contributed by atoms with Crippen molar-refractivity contribution in [1.29, 1.82) is 0 Å². The standard InChI is InChI=1S/C14H25NO2/c1-4-8-14(16-6-3)13(15-5-2)11-12-9-7-10-17-12/h7,9-10,13-15H,4-6,8,11H2,1-3H3. The lowest BCUT2D eigenvalue weighted by atomic mass is 10.0. The van der Waals surface area contributed by atoms with Crippen LogP contribution in [0.15, 0.2) is 22.8 Å². The number of hydrogen-bond acceptors (Lipinski definition) is 3. The third-order valence-corrected chi connectivity index (χ3v) is 2.87. The third kappa shape index (κ3) is 4.92. The summed E-state index contributed by atoms with van der Waals surface area (Å²) in [7, 11) is 0. The molecule has 0 aliphatic carbocycles. The fraction of sp³-hybridized carbons (Fsp3) is 0.714. The first kappa shape index (κ1) is 14.3. The zero-order valence-electron chi connectivity index (χ0n) is 11.2. The van der Waals surface area contributed by atoms with Gasteiger partial charge in [0.1, 0.15) is 5.76 Å². The molecule has 0 radical (unpaired) electrons. The quantitative estimate of drug-likeness (QED) is 0.719. The van der Waals surface area contributed by atoms with E-state index in [0.717, 1.165) is 38.2 Å². The summed E-state index contributed by atoms with van der Waals surface area (Å²) >= 11 is 0. The van der Waals surface area contributed by atoms with Crippen molar-refractivity contribution >= 4 is 0 Å². The highest BCUT2D eigenvalue weighted by molar-refractivity contribution is 5.01. The molecule has 3 nitrogen and oxygen atoms in total. The maximum atomic E-state index is 5.84. The van der Waals surface area contributed by atoms with Gasteiger partial charge in [-0.25, -0.2) is 0 Å². The predicted molar refractivity (Wildman–Crippen MR) is 70.2 cm³/mol. The molecule has 3 heteroatoms. The normalized spacial score (nSPS) is 14.8. The van der Waals surface area contributed by atoms with Gasteiger partial charge in [0.15, 0.2) is 0 Å². The molecule has 1 aromatic rings. The van der Waals surface area contributed by atoms with Gasteiger partial charge < -0.3 is 14.5 Å². The lowest BCUT2D eigenvalue weighted by Gasteiger charge is -2.27. The number of likely N-dealkylation sites (N-methyl/N-ethyl adjacent to an activating group) is 1. The van der Waals surface area contributed by atoms with Crippen molar-refractivity contribution in [2.24, 2.45) is 0 Å². The molecule has 1 N–H and O–H groups in total. The smallest absolute Gasteiger partial charge is 0.105 e. The summed E-state index contributed by atoms with van der Waals surface area (Å²) in [6.45, 7) is 8.11. The van der Waals surface area contributed by atoms with Gasteiger partial charge in [-0.3, -0.25) is 0 Å². The van der Waals surface area contributed by atoms with E-state index in [4.69, 9.17) is 9.15 Å². The van der Waals surface area contributed by atoms with Crippen LogP contribution in [0.5, 0.6) is 0 Å². The van der Waals surface area contributed by atoms with Crippen molar-refractivity contribution in [3.05, 3.63) is 24.2 Å². The number of furan rings is 1. The molecule has 2 unspecified atom stereocenters. The second-order valence-corrected chi connectivity index (χ2v) is 4.23. The first-order valence-corrected chi connectivity index (χ1v) is 6.69. The number of rotatable bonds is 9. The first-order valence-electron chi connectivity index (χ1n) is 6.69. The Bertz CT molecular complexity index is 266. The Morgan fingerprint density at radius 2 is 2.18 bits per heavy atom.